The lowest BCUT2D eigenvalue weighted by Gasteiger charge is -2.21. The summed E-state index contributed by atoms with van der Waals surface area (Å²) < 4.78 is 0. The topological polar surface area (TPSA) is 135 Å². The molecule has 4 N–H and O–H groups in total. The number of amides is 1. The molecule has 2 unspecified atom stereocenters. The van der Waals surface area contributed by atoms with Crippen LogP contribution in [0.4, 0.5) is 0 Å². The van der Waals surface area contributed by atoms with Crippen molar-refractivity contribution in [1.29, 1.82) is 0 Å². The first kappa shape index (κ1) is 20.2. The van der Waals surface area contributed by atoms with E-state index in [4.69, 9.17) is 5.73 Å². The molecule has 0 spiro atoms. The van der Waals surface area contributed by atoms with E-state index < -0.39 is 23.7 Å². The first-order valence-corrected chi connectivity index (χ1v) is 9.45. The number of carbonyl (C=O) groups is 2. The van der Waals surface area contributed by atoms with Gasteiger partial charge >= 0.3 is 5.97 Å². The van der Waals surface area contributed by atoms with E-state index in [1.807, 2.05) is 43.3 Å². The number of aliphatic carboxylic acids is 1. The second-order valence-electron chi connectivity index (χ2n) is 6.96. The van der Waals surface area contributed by atoms with Gasteiger partial charge in [-0.1, -0.05) is 55.0 Å². The number of nitrogens with zero attached hydrogens (tertiary/aromatic N) is 3. The number of rotatable bonds is 9. The van der Waals surface area contributed by atoms with E-state index in [-0.39, 0.29) is 0 Å². The molecule has 2 atom stereocenters. The van der Waals surface area contributed by atoms with E-state index in [9.17, 15) is 14.7 Å². The van der Waals surface area contributed by atoms with Crippen molar-refractivity contribution in [1.82, 2.24) is 20.6 Å². The first-order chi connectivity index (χ1) is 14.0. The van der Waals surface area contributed by atoms with Crippen molar-refractivity contribution < 1.29 is 14.7 Å². The van der Waals surface area contributed by atoms with Gasteiger partial charge < -0.3 is 10.8 Å². The Kier molecular flexibility index (Phi) is 6.33. The molecule has 3 rings (SSSR count). The van der Waals surface area contributed by atoms with Crippen LogP contribution in [-0.2, 0) is 11.2 Å². The second kappa shape index (κ2) is 9.09. The molecule has 0 radical (unpaired) electrons. The maximum absolute atomic E-state index is 11.9. The highest BCUT2D eigenvalue weighted by atomic mass is 16.4. The average molecular weight is 393 g/mol. The van der Waals surface area contributed by atoms with Gasteiger partial charge in [-0.3, -0.25) is 9.59 Å². The van der Waals surface area contributed by atoms with Crippen LogP contribution in [0.3, 0.4) is 0 Å². The third-order valence-electron chi connectivity index (χ3n) is 4.98. The Balaban J connectivity index is 1.89. The van der Waals surface area contributed by atoms with Crippen molar-refractivity contribution in [2.24, 2.45) is 11.7 Å². The molecule has 0 aliphatic rings. The Morgan fingerprint density at radius 1 is 1.14 bits per heavy atom. The molecule has 0 bridgehead atoms. The maximum Gasteiger partial charge on any atom is 0.307 e. The molecule has 1 heterocycles. The van der Waals surface area contributed by atoms with Crippen molar-refractivity contribution in [2.75, 3.05) is 0 Å². The smallest absolute Gasteiger partial charge is 0.307 e. The summed E-state index contributed by atoms with van der Waals surface area (Å²) in [5.74, 6) is -1.92. The van der Waals surface area contributed by atoms with E-state index in [1.165, 1.54) is 0 Å². The molecular formula is C21H23N5O3. The molecule has 29 heavy (non-hydrogen) atoms. The van der Waals surface area contributed by atoms with Gasteiger partial charge in [-0.2, -0.15) is 5.21 Å². The Hall–Kier alpha value is -3.55. The van der Waals surface area contributed by atoms with Gasteiger partial charge in [0.15, 0.2) is 5.82 Å². The summed E-state index contributed by atoms with van der Waals surface area (Å²) in [6.07, 6.45) is 1.75. The largest absolute Gasteiger partial charge is 0.481 e. The van der Waals surface area contributed by atoms with Gasteiger partial charge in [0.05, 0.1) is 5.92 Å². The summed E-state index contributed by atoms with van der Waals surface area (Å²) in [6, 6.07) is 14.9. The minimum Gasteiger partial charge on any atom is -0.481 e. The first-order valence-electron chi connectivity index (χ1n) is 9.45. The number of tetrazole rings is 1. The minimum atomic E-state index is -0.861. The number of carbonyl (C=O) groups excluding carboxylic acids is 1. The third-order valence-corrected chi connectivity index (χ3v) is 4.98. The number of aromatic nitrogens is 4. The van der Waals surface area contributed by atoms with Crippen molar-refractivity contribution in [3.63, 3.8) is 0 Å². The second-order valence-corrected chi connectivity index (χ2v) is 6.96. The number of primary amides is 1. The van der Waals surface area contributed by atoms with E-state index in [1.54, 1.807) is 12.1 Å². The summed E-state index contributed by atoms with van der Waals surface area (Å²) in [7, 11) is 0. The van der Waals surface area contributed by atoms with E-state index in [0.29, 0.717) is 24.2 Å². The van der Waals surface area contributed by atoms with Crippen LogP contribution in [0, 0.1) is 5.92 Å². The third kappa shape index (κ3) is 4.84. The standard InChI is InChI=1S/C21H23N5O3/c1-2-4-17(21(28)29)18(20-23-25-26-24-20)12-13-5-3-6-16(11-13)14-7-9-15(10-8-14)19(22)27/h3,5-11,17-18H,2,4,12H2,1H3,(H2,22,27)(H,28,29)(H,23,24,25,26). The number of hydrogen-bond donors (Lipinski definition) is 3. The molecule has 150 valence electrons. The van der Waals surface area contributed by atoms with Crippen LogP contribution >= 0.6 is 0 Å². The van der Waals surface area contributed by atoms with Crippen LogP contribution < -0.4 is 5.73 Å². The van der Waals surface area contributed by atoms with Gasteiger partial charge in [-0.25, -0.2) is 0 Å². The molecule has 0 aliphatic heterocycles. The molecule has 0 fully saturated rings. The minimum absolute atomic E-state index is 0.390. The summed E-state index contributed by atoms with van der Waals surface area (Å²) in [5.41, 5.74) is 8.63. The van der Waals surface area contributed by atoms with Gasteiger partial charge in [-0.05, 0) is 41.7 Å². The lowest BCUT2D eigenvalue weighted by atomic mass is 9.83. The van der Waals surface area contributed by atoms with Crippen molar-refractivity contribution in [3.05, 3.63) is 65.5 Å². The zero-order valence-electron chi connectivity index (χ0n) is 16.1. The van der Waals surface area contributed by atoms with Gasteiger partial charge in [-0.15, -0.1) is 10.2 Å². The molecule has 1 amide bonds. The van der Waals surface area contributed by atoms with Gasteiger partial charge in [0.1, 0.15) is 0 Å². The Labute approximate surface area is 168 Å². The highest BCUT2D eigenvalue weighted by Gasteiger charge is 2.32. The van der Waals surface area contributed by atoms with E-state index in [2.05, 4.69) is 20.6 Å². The average Bonchev–Trinajstić information content (AvgIpc) is 3.25. The predicted octanol–water partition coefficient (Wildman–Crippen LogP) is 2.79. The zero-order chi connectivity index (χ0) is 20.8. The predicted molar refractivity (Wildman–Crippen MR) is 107 cm³/mol. The lowest BCUT2D eigenvalue weighted by molar-refractivity contribution is -0.143. The van der Waals surface area contributed by atoms with Crippen LogP contribution in [0.15, 0.2) is 48.5 Å². The zero-order valence-corrected chi connectivity index (χ0v) is 16.1. The van der Waals surface area contributed by atoms with E-state index in [0.717, 1.165) is 23.1 Å². The van der Waals surface area contributed by atoms with Crippen molar-refractivity contribution in [3.8, 4) is 11.1 Å². The Bertz CT molecular complexity index is 970. The summed E-state index contributed by atoms with van der Waals surface area (Å²) in [6.45, 7) is 1.96. The molecule has 1 aromatic heterocycles. The molecule has 0 aliphatic carbocycles. The van der Waals surface area contributed by atoms with Crippen LogP contribution in [-0.4, -0.2) is 37.6 Å². The molecule has 8 heteroatoms. The number of carboxylic acid groups (broad SMARTS) is 1. The quantitative estimate of drug-likeness (QED) is 0.511. The Morgan fingerprint density at radius 2 is 1.90 bits per heavy atom. The number of nitrogens with one attached hydrogen (secondary N) is 1. The van der Waals surface area contributed by atoms with Gasteiger partial charge in [0, 0.05) is 11.5 Å². The van der Waals surface area contributed by atoms with Gasteiger partial charge in [0.25, 0.3) is 0 Å². The summed E-state index contributed by atoms with van der Waals surface area (Å²) in [5, 5.41) is 23.9. The number of hydrogen-bond acceptors (Lipinski definition) is 5. The highest BCUT2D eigenvalue weighted by molar-refractivity contribution is 5.93. The number of H-pyrrole nitrogens is 1. The van der Waals surface area contributed by atoms with Crippen molar-refractivity contribution >= 4 is 11.9 Å². The number of aromatic amines is 1. The maximum atomic E-state index is 11.9. The normalized spacial score (nSPS) is 13.0. The monoisotopic (exact) mass is 393 g/mol. The SMILES string of the molecule is CCCC(C(=O)O)C(Cc1cccc(-c2ccc(C(N)=O)cc2)c1)c1nn[nH]n1. The fourth-order valence-electron chi connectivity index (χ4n) is 3.51. The van der Waals surface area contributed by atoms with Crippen LogP contribution in [0.2, 0.25) is 0 Å². The summed E-state index contributed by atoms with van der Waals surface area (Å²) >= 11 is 0. The molecule has 2 aromatic carbocycles. The Morgan fingerprint density at radius 3 is 2.48 bits per heavy atom. The number of benzene rings is 2. The molecule has 8 nitrogen and oxygen atoms in total. The molecule has 3 aromatic rings. The number of carboxylic acids is 1. The van der Waals surface area contributed by atoms with Crippen LogP contribution in [0.5, 0.6) is 0 Å². The van der Waals surface area contributed by atoms with Gasteiger partial charge in [0.2, 0.25) is 5.91 Å². The number of nitrogens with two attached hydrogens (primary N) is 1. The molecular weight excluding hydrogens is 370 g/mol. The molecule has 0 saturated heterocycles. The van der Waals surface area contributed by atoms with E-state index >= 15 is 0 Å². The lowest BCUT2D eigenvalue weighted by Crippen LogP contribution is -2.25. The fraction of sp³-hybridized carbons (Fsp3) is 0.286. The van der Waals surface area contributed by atoms with Crippen molar-refractivity contribution in [2.45, 2.75) is 32.1 Å². The molecule has 0 saturated carbocycles. The summed E-state index contributed by atoms with van der Waals surface area (Å²) in [4.78, 5) is 23.1. The van der Waals surface area contributed by atoms with Crippen LogP contribution in [0.1, 0.15) is 47.4 Å². The fourth-order valence-corrected chi connectivity index (χ4v) is 3.51. The van der Waals surface area contributed by atoms with Crippen LogP contribution in [0.25, 0.3) is 11.1 Å². The highest BCUT2D eigenvalue weighted by Crippen LogP contribution is 2.31.